The maximum Gasteiger partial charge on any atom is 0.330 e. The highest BCUT2D eigenvalue weighted by molar-refractivity contribution is 6.38. The molecule has 0 saturated carbocycles. The van der Waals surface area contributed by atoms with Crippen molar-refractivity contribution >= 4 is 28.6 Å². The number of carbonyl (C=O) groups is 3. The lowest BCUT2D eigenvalue weighted by molar-refractivity contribution is -0.139. The molecule has 10 heteroatoms. The molecule has 1 aromatic heterocycles. The van der Waals surface area contributed by atoms with E-state index in [1.165, 1.54) is 0 Å². The number of amides is 3. The van der Waals surface area contributed by atoms with Crippen LogP contribution in [-0.2, 0) is 20.8 Å². The average Bonchev–Trinajstić information content (AvgIpc) is 2.84. The van der Waals surface area contributed by atoms with Gasteiger partial charge in [0.25, 0.3) is 11.5 Å². The molecule has 0 aliphatic heterocycles. The minimum Gasteiger partial charge on any atom is -0.484 e. The number of ether oxygens (including phenoxy) is 1. The number of aryl methyl sites for hydroxylation is 1. The Bertz CT molecular complexity index is 1190. The Balaban J connectivity index is 1.64. The first-order chi connectivity index (χ1) is 16.0. The van der Waals surface area contributed by atoms with Crippen molar-refractivity contribution in [2.75, 3.05) is 12.0 Å². The maximum absolute atomic E-state index is 12.9. The molecule has 0 bridgehead atoms. The van der Waals surface area contributed by atoms with Gasteiger partial charge in [-0.25, -0.2) is 9.66 Å². The normalized spacial score (nSPS) is 10.5. The molecule has 3 amide bonds. The summed E-state index contributed by atoms with van der Waals surface area (Å²) < 4.78 is 6.24. The Morgan fingerprint density at radius 3 is 2.42 bits per heavy atom. The largest absolute Gasteiger partial charge is 0.484 e. The smallest absolute Gasteiger partial charge is 0.330 e. The van der Waals surface area contributed by atoms with Gasteiger partial charge in [-0.2, -0.15) is 0 Å². The van der Waals surface area contributed by atoms with Gasteiger partial charge in [0.15, 0.2) is 6.61 Å². The molecular weight excluding hydrogens is 426 g/mol. The first-order valence-electron chi connectivity index (χ1n) is 10.6. The standard InChI is InChI=1S/C23H25N5O5/c1-2-3-5-14-19-24-18-13-9-8-12-17(18)23(32)28(19)27-22(31)21(30)26-25-20(29)15-33-16-10-6-4-7-11-16/h4,6-13H,2-3,5,14-15H2,1H3,(H,25,29)(H,26,30)(H,27,31). The number of nitrogens with one attached hydrogen (secondary N) is 3. The van der Waals surface area contributed by atoms with Gasteiger partial charge >= 0.3 is 11.8 Å². The fraction of sp³-hybridized carbons (Fsp3) is 0.261. The SMILES string of the molecule is CCCCCc1nc2ccccc2c(=O)n1NC(=O)C(=O)NNC(=O)COc1ccccc1. The molecule has 3 N–H and O–H groups in total. The molecular formula is C23H25N5O5. The van der Waals surface area contributed by atoms with E-state index in [1.807, 2.05) is 12.3 Å². The number of hydrogen-bond donors (Lipinski definition) is 3. The second-order valence-electron chi connectivity index (χ2n) is 7.19. The van der Waals surface area contributed by atoms with Crippen LogP contribution in [0, 0.1) is 0 Å². The summed E-state index contributed by atoms with van der Waals surface area (Å²) in [7, 11) is 0. The van der Waals surface area contributed by atoms with Gasteiger partial charge in [-0.05, 0) is 30.7 Å². The highest BCUT2D eigenvalue weighted by Crippen LogP contribution is 2.10. The Morgan fingerprint density at radius 1 is 0.939 bits per heavy atom. The van der Waals surface area contributed by atoms with Crippen LogP contribution in [0.5, 0.6) is 5.75 Å². The topological polar surface area (TPSA) is 131 Å². The molecule has 3 rings (SSSR count). The second-order valence-corrected chi connectivity index (χ2v) is 7.19. The second kappa shape index (κ2) is 11.4. The monoisotopic (exact) mass is 451 g/mol. The van der Waals surface area contributed by atoms with Crippen molar-refractivity contribution in [3.8, 4) is 5.75 Å². The van der Waals surface area contributed by atoms with Crippen molar-refractivity contribution in [2.24, 2.45) is 0 Å². The van der Waals surface area contributed by atoms with Crippen LogP contribution in [0.25, 0.3) is 10.9 Å². The number of benzene rings is 2. The molecule has 0 fully saturated rings. The summed E-state index contributed by atoms with van der Waals surface area (Å²) in [6, 6.07) is 15.4. The first-order valence-corrected chi connectivity index (χ1v) is 10.6. The summed E-state index contributed by atoms with van der Waals surface area (Å²) in [5.41, 5.74) is 6.40. The molecule has 3 aromatic rings. The average molecular weight is 451 g/mol. The third-order valence-corrected chi connectivity index (χ3v) is 4.70. The summed E-state index contributed by atoms with van der Waals surface area (Å²) in [5, 5.41) is 0.309. The Labute approximate surface area is 189 Å². The van der Waals surface area contributed by atoms with Crippen LogP contribution in [0.15, 0.2) is 59.4 Å². The Morgan fingerprint density at radius 2 is 1.67 bits per heavy atom. The fourth-order valence-corrected chi connectivity index (χ4v) is 3.03. The van der Waals surface area contributed by atoms with Gasteiger partial charge in [0.2, 0.25) is 0 Å². The number of fused-ring (bicyclic) bond motifs is 1. The van der Waals surface area contributed by atoms with Crippen LogP contribution in [0.4, 0.5) is 0 Å². The van der Waals surface area contributed by atoms with Crippen molar-refractivity contribution in [2.45, 2.75) is 32.6 Å². The van der Waals surface area contributed by atoms with E-state index in [0.29, 0.717) is 28.9 Å². The highest BCUT2D eigenvalue weighted by atomic mass is 16.5. The lowest BCUT2D eigenvalue weighted by atomic mass is 10.2. The number of rotatable bonds is 8. The predicted molar refractivity (Wildman–Crippen MR) is 122 cm³/mol. The van der Waals surface area contributed by atoms with Gasteiger partial charge in [0, 0.05) is 6.42 Å². The third-order valence-electron chi connectivity index (χ3n) is 4.70. The summed E-state index contributed by atoms with van der Waals surface area (Å²) in [5.74, 6) is -2.12. The molecule has 1 heterocycles. The lowest BCUT2D eigenvalue weighted by Crippen LogP contribution is -2.50. The number of hydrogen-bond acceptors (Lipinski definition) is 6. The van der Waals surface area contributed by atoms with Crippen molar-refractivity contribution in [3.63, 3.8) is 0 Å². The zero-order chi connectivity index (χ0) is 23.6. The Kier molecular flexibility index (Phi) is 8.12. The first kappa shape index (κ1) is 23.5. The number of aromatic nitrogens is 2. The number of carbonyl (C=O) groups excluding carboxylic acids is 3. The number of hydrazine groups is 1. The van der Waals surface area contributed by atoms with E-state index in [9.17, 15) is 19.2 Å². The van der Waals surface area contributed by atoms with Crippen LogP contribution in [0.2, 0.25) is 0 Å². The summed E-state index contributed by atoms with van der Waals surface area (Å²) in [6.07, 6.45) is 3.11. The fourth-order valence-electron chi connectivity index (χ4n) is 3.03. The molecule has 0 atom stereocenters. The van der Waals surface area contributed by atoms with Gasteiger partial charge in [-0.3, -0.25) is 35.5 Å². The summed E-state index contributed by atoms with van der Waals surface area (Å²) in [6.45, 7) is 1.69. The zero-order valence-corrected chi connectivity index (χ0v) is 18.2. The molecule has 0 radical (unpaired) electrons. The zero-order valence-electron chi connectivity index (χ0n) is 18.2. The minimum atomic E-state index is -1.15. The van der Waals surface area contributed by atoms with E-state index in [0.717, 1.165) is 23.9 Å². The van der Waals surface area contributed by atoms with Crippen LogP contribution in [0.3, 0.4) is 0 Å². The van der Waals surface area contributed by atoms with Crippen molar-refractivity contribution in [1.29, 1.82) is 0 Å². The summed E-state index contributed by atoms with van der Waals surface area (Å²) >= 11 is 0. The third kappa shape index (κ3) is 6.39. The number of unbranched alkanes of at least 4 members (excludes halogenated alkanes) is 2. The van der Waals surface area contributed by atoms with Gasteiger partial charge in [0.05, 0.1) is 10.9 Å². The summed E-state index contributed by atoms with van der Waals surface area (Å²) in [4.78, 5) is 53.8. The van der Waals surface area contributed by atoms with Crippen LogP contribution < -0.4 is 26.6 Å². The van der Waals surface area contributed by atoms with E-state index in [1.54, 1.807) is 54.6 Å². The molecule has 0 unspecified atom stereocenters. The van der Waals surface area contributed by atoms with Gasteiger partial charge in [-0.15, -0.1) is 0 Å². The van der Waals surface area contributed by atoms with Gasteiger partial charge in [-0.1, -0.05) is 50.1 Å². The van der Waals surface area contributed by atoms with Crippen LogP contribution >= 0.6 is 0 Å². The van der Waals surface area contributed by atoms with Crippen molar-refractivity contribution < 1.29 is 19.1 Å². The Hall–Kier alpha value is -4.21. The van der Waals surface area contributed by atoms with E-state index in [2.05, 4.69) is 15.8 Å². The lowest BCUT2D eigenvalue weighted by Gasteiger charge is -2.14. The highest BCUT2D eigenvalue weighted by Gasteiger charge is 2.19. The molecule has 33 heavy (non-hydrogen) atoms. The minimum absolute atomic E-state index is 0.309. The van der Waals surface area contributed by atoms with E-state index in [-0.39, 0.29) is 6.61 Å². The molecule has 0 saturated heterocycles. The molecule has 10 nitrogen and oxygen atoms in total. The van der Waals surface area contributed by atoms with Gasteiger partial charge < -0.3 is 4.74 Å². The maximum atomic E-state index is 12.9. The van der Waals surface area contributed by atoms with E-state index >= 15 is 0 Å². The molecule has 2 aromatic carbocycles. The number of para-hydroxylation sites is 2. The van der Waals surface area contributed by atoms with Crippen molar-refractivity contribution in [3.05, 3.63) is 70.8 Å². The molecule has 0 aliphatic carbocycles. The van der Waals surface area contributed by atoms with E-state index < -0.39 is 23.3 Å². The molecule has 172 valence electrons. The quantitative estimate of drug-likeness (QED) is 0.270. The van der Waals surface area contributed by atoms with Gasteiger partial charge in [0.1, 0.15) is 11.6 Å². The van der Waals surface area contributed by atoms with E-state index in [4.69, 9.17) is 4.74 Å². The molecule has 0 aliphatic rings. The van der Waals surface area contributed by atoms with Crippen molar-refractivity contribution in [1.82, 2.24) is 20.5 Å². The predicted octanol–water partition coefficient (Wildman–Crippen LogP) is 1.43. The molecule has 0 spiro atoms. The number of nitrogens with zero attached hydrogens (tertiary/aromatic N) is 2. The van der Waals surface area contributed by atoms with Crippen LogP contribution in [-0.4, -0.2) is 34.0 Å². The van der Waals surface area contributed by atoms with Crippen LogP contribution in [0.1, 0.15) is 32.0 Å².